The van der Waals surface area contributed by atoms with Gasteiger partial charge in [0, 0.05) is 18.4 Å². The summed E-state index contributed by atoms with van der Waals surface area (Å²) in [7, 11) is 1.53. The normalized spacial score (nSPS) is 31.9. The number of carbonyl (C=O) groups is 1. The molecule has 31 heavy (non-hydrogen) atoms. The minimum Gasteiger partial charge on any atom is -0.463 e. The molecule has 0 bridgehead atoms. The number of allylic oxidation sites excluding steroid dienone is 2. The van der Waals surface area contributed by atoms with Crippen molar-refractivity contribution in [1.29, 1.82) is 0 Å². The Morgan fingerprint density at radius 1 is 1.29 bits per heavy atom. The highest BCUT2D eigenvalue weighted by Crippen LogP contribution is 2.63. The second kappa shape index (κ2) is 9.09. The van der Waals surface area contributed by atoms with Crippen LogP contribution in [-0.4, -0.2) is 50.9 Å². The second-order valence-corrected chi connectivity index (χ2v) is 8.42. The Bertz CT molecular complexity index is 875. The van der Waals surface area contributed by atoms with Crippen LogP contribution in [0.4, 0.5) is 0 Å². The SMILES string of the molecule is C=C[C@@]1(COCc2ccccc2)C(CO)=CC[C@]23C1=CC[C@H]2COC(=O)[C@@H]3OCOC. The predicted molar refractivity (Wildman–Crippen MR) is 115 cm³/mol. The number of rotatable bonds is 9. The molecule has 1 aromatic rings. The maximum absolute atomic E-state index is 12.8. The van der Waals surface area contributed by atoms with Crippen molar-refractivity contribution in [3.63, 3.8) is 0 Å². The molecule has 4 rings (SSSR count). The maximum Gasteiger partial charge on any atom is 0.336 e. The summed E-state index contributed by atoms with van der Waals surface area (Å²) < 4.78 is 22.6. The number of cyclic esters (lactones) is 1. The summed E-state index contributed by atoms with van der Waals surface area (Å²) >= 11 is 0. The molecule has 2 aliphatic carbocycles. The third-order valence-corrected chi connectivity index (χ3v) is 7.00. The fraction of sp³-hybridized carbons (Fsp3) is 0.480. The van der Waals surface area contributed by atoms with Gasteiger partial charge in [-0.3, -0.25) is 0 Å². The van der Waals surface area contributed by atoms with Crippen molar-refractivity contribution in [2.45, 2.75) is 25.6 Å². The molecule has 6 heteroatoms. The van der Waals surface area contributed by atoms with Gasteiger partial charge in [0.05, 0.1) is 31.8 Å². The highest BCUT2D eigenvalue weighted by Gasteiger charge is 2.63. The lowest BCUT2D eigenvalue weighted by molar-refractivity contribution is -0.199. The molecule has 1 spiro atoms. The summed E-state index contributed by atoms with van der Waals surface area (Å²) in [6.45, 7) is 5.15. The molecule has 0 saturated carbocycles. The van der Waals surface area contributed by atoms with Gasteiger partial charge >= 0.3 is 5.97 Å². The summed E-state index contributed by atoms with van der Waals surface area (Å²) in [4.78, 5) is 12.8. The van der Waals surface area contributed by atoms with Crippen LogP contribution in [0.15, 0.2) is 66.3 Å². The van der Waals surface area contributed by atoms with Gasteiger partial charge in [-0.2, -0.15) is 0 Å². The van der Waals surface area contributed by atoms with Crippen molar-refractivity contribution in [3.8, 4) is 0 Å². The zero-order valence-electron chi connectivity index (χ0n) is 17.9. The third kappa shape index (κ3) is 3.57. The molecule has 1 fully saturated rings. The Morgan fingerprint density at radius 2 is 2.10 bits per heavy atom. The number of aliphatic hydroxyl groups is 1. The van der Waals surface area contributed by atoms with Gasteiger partial charge in [-0.15, -0.1) is 6.58 Å². The van der Waals surface area contributed by atoms with Crippen molar-refractivity contribution in [1.82, 2.24) is 0 Å². The monoisotopic (exact) mass is 426 g/mol. The lowest BCUT2D eigenvalue weighted by atomic mass is 9.54. The molecule has 1 N–H and O–H groups in total. The lowest BCUT2D eigenvalue weighted by Gasteiger charge is -2.53. The minimum atomic E-state index is -0.773. The van der Waals surface area contributed by atoms with E-state index in [1.54, 1.807) is 0 Å². The molecule has 0 unspecified atom stereocenters. The van der Waals surface area contributed by atoms with E-state index in [0.717, 1.165) is 23.1 Å². The number of carbonyl (C=O) groups excluding carboxylic acids is 1. The summed E-state index contributed by atoms with van der Waals surface area (Å²) in [5.74, 6) is -0.267. The van der Waals surface area contributed by atoms with Crippen LogP contribution in [0.3, 0.4) is 0 Å². The third-order valence-electron chi connectivity index (χ3n) is 7.00. The standard InChI is InChI=1S/C25H30O6/c1-3-24(16-29-14-18-7-5-4-6-8-18)19(13-26)11-12-25-20(9-10-21(24)25)15-30-23(27)22(25)31-17-28-2/h3-8,10-11,20,22,26H,1,9,12-17H2,2H3/t20-,22-,24+,25+/m0/s1. The highest BCUT2D eigenvalue weighted by molar-refractivity contribution is 5.79. The van der Waals surface area contributed by atoms with Crippen LogP contribution in [0.1, 0.15) is 18.4 Å². The van der Waals surface area contributed by atoms with Gasteiger partial charge in [-0.05, 0) is 29.6 Å². The van der Waals surface area contributed by atoms with Gasteiger partial charge in [0.15, 0.2) is 6.10 Å². The smallest absolute Gasteiger partial charge is 0.336 e. The van der Waals surface area contributed by atoms with Crippen molar-refractivity contribution < 1.29 is 28.8 Å². The van der Waals surface area contributed by atoms with Gasteiger partial charge in [-0.25, -0.2) is 4.79 Å². The average Bonchev–Trinajstić information content (AvgIpc) is 3.19. The number of ether oxygens (including phenoxy) is 4. The molecule has 6 nitrogen and oxygen atoms in total. The number of hydrogen-bond donors (Lipinski definition) is 1. The van der Waals surface area contributed by atoms with Crippen molar-refractivity contribution in [2.75, 3.05) is 33.7 Å². The quantitative estimate of drug-likeness (QED) is 0.371. The van der Waals surface area contributed by atoms with E-state index < -0.39 is 16.9 Å². The van der Waals surface area contributed by atoms with Crippen LogP contribution in [0.2, 0.25) is 0 Å². The van der Waals surface area contributed by atoms with E-state index >= 15 is 0 Å². The minimum absolute atomic E-state index is 0.00366. The predicted octanol–water partition coefficient (Wildman–Crippen LogP) is 3.18. The Balaban J connectivity index is 1.69. The Hall–Kier alpha value is -2.25. The molecule has 1 aliphatic heterocycles. The summed E-state index contributed by atoms with van der Waals surface area (Å²) in [6, 6.07) is 9.96. The van der Waals surface area contributed by atoms with Gasteiger partial charge in [-0.1, -0.05) is 48.6 Å². The summed E-state index contributed by atoms with van der Waals surface area (Å²) in [5.41, 5.74) is 1.69. The van der Waals surface area contributed by atoms with Gasteiger partial charge in [0.25, 0.3) is 0 Å². The first-order valence-corrected chi connectivity index (χ1v) is 10.7. The van der Waals surface area contributed by atoms with Crippen LogP contribution in [0, 0.1) is 16.7 Å². The van der Waals surface area contributed by atoms with Crippen molar-refractivity contribution in [2.24, 2.45) is 16.7 Å². The van der Waals surface area contributed by atoms with E-state index in [4.69, 9.17) is 18.9 Å². The molecule has 0 radical (unpaired) electrons. The molecule has 1 heterocycles. The van der Waals surface area contributed by atoms with E-state index in [1.807, 2.05) is 42.5 Å². The van der Waals surface area contributed by atoms with Crippen LogP contribution in [0.25, 0.3) is 0 Å². The molecular weight excluding hydrogens is 396 g/mol. The van der Waals surface area contributed by atoms with Crippen LogP contribution in [0.5, 0.6) is 0 Å². The lowest BCUT2D eigenvalue weighted by Crippen LogP contribution is -2.57. The summed E-state index contributed by atoms with van der Waals surface area (Å²) in [6.07, 6.45) is 6.65. The van der Waals surface area contributed by atoms with Gasteiger partial charge < -0.3 is 24.1 Å². The topological polar surface area (TPSA) is 74.2 Å². The summed E-state index contributed by atoms with van der Waals surface area (Å²) in [5, 5.41) is 10.2. The van der Waals surface area contributed by atoms with E-state index in [-0.39, 0.29) is 25.3 Å². The first-order valence-electron chi connectivity index (χ1n) is 10.7. The molecular formula is C25H30O6. The van der Waals surface area contributed by atoms with Crippen LogP contribution < -0.4 is 0 Å². The van der Waals surface area contributed by atoms with Crippen molar-refractivity contribution >= 4 is 5.97 Å². The zero-order valence-corrected chi connectivity index (χ0v) is 17.9. The van der Waals surface area contributed by atoms with E-state index in [2.05, 4.69) is 12.7 Å². The van der Waals surface area contributed by atoms with Crippen LogP contribution in [-0.2, 0) is 30.3 Å². The molecule has 166 valence electrons. The second-order valence-electron chi connectivity index (χ2n) is 8.42. The fourth-order valence-electron chi connectivity index (χ4n) is 5.48. The van der Waals surface area contributed by atoms with Gasteiger partial charge in [0.2, 0.25) is 0 Å². The van der Waals surface area contributed by atoms with Crippen molar-refractivity contribution in [3.05, 3.63) is 71.8 Å². The first kappa shape index (κ1) is 22.0. The molecule has 0 aromatic heterocycles. The maximum atomic E-state index is 12.8. The van der Waals surface area contributed by atoms with E-state index in [9.17, 15) is 9.90 Å². The first-order chi connectivity index (χ1) is 15.1. The highest BCUT2D eigenvalue weighted by atomic mass is 16.7. The average molecular weight is 427 g/mol. The Kier molecular flexibility index (Phi) is 6.44. The number of esters is 1. The molecule has 3 aliphatic rings. The number of benzene rings is 1. The zero-order chi connectivity index (χ0) is 21.9. The van der Waals surface area contributed by atoms with Gasteiger partial charge in [0.1, 0.15) is 6.79 Å². The molecule has 4 atom stereocenters. The molecule has 1 saturated heterocycles. The number of hydrogen-bond acceptors (Lipinski definition) is 6. The molecule has 0 amide bonds. The van der Waals surface area contributed by atoms with E-state index in [0.29, 0.717) is 26.2 Å². The van der Waals surface area contributed by atoms with Crippen LogP contribution >= 0.6 is 0 Å². The van der Waals surface area contributed by atoms with E-state index in [1.165, 1.54) is 7.11 Å². The molecule has 1 aromatic carbocycles. The fourth-order valence-corrected chi connectivity index (χ4v) is 5.48. The number of aliphatic hydroxyl groups excluding tert-OH is 1. The largest absolute Gasteiger partial charge is 0.463 e. The number of methoxy groups -OCH3 is 1. The Labute approximate surface area is 183 Å². The Morgan fingerprint density at radius 3 is 2.81 bits per heavy atom.